The minimum Gasteiger partial charge on any atom is -0.481 e. The topological polar surface area (TPSA) is 95.2 Å². The molecule has 0 aromatic carbocycles. The fourth-order valence-corrected chi connectivity index (χ4v) is 2.28. The molecule has 0 aliphatic heterocycles. The van der Waals surface area contributed by atoms with E-state index < -0.39 is 0 Å². The summed E-state index contributed by atoms with van der Waals surface area (Å²) in [5.41, 5.74) is 6.55. The number of hydrogen-bond acceptors (Lipinski definition) is 7. The monoisotopic (exact) mass is 329 g/mol. The van der Waals surface area contributed by atoms with Gasteiger partial charge in [0.05, 0.1) is 13.3 Å². The molecular formula is C17H23N5O2. The van der Waals surface area contributed by atoms with E-state index in [1.807, 2.05) is 0 Å². The molecule has 0 amide bonds. The normalized spacial score (nSPS) is 14.3. The van der Waals surface area contributed by atoms with Crippen molar-refractivity contribution in [2.75, 3.05) is 18.2 Å². The molecule has 1 aliphatic carbocycles. The van der Waals surface area contributed by atoms with Gasteiger partial charge in [0.15, 0.2) is 11.6 Å². The van der Waals surface area contributed by atoms with Gasteiger partial charge < -0.3 is 20.5 Å². The van der Waals surface area contributed by atoms with E-state index in [0.717, 1.165) is 18.4 Å². The second-order valence-electron chi connectivity index (χ2n) is 6.93. The first-order chi connectivity index (χ1) is 11.4. The van der Waals surface area contributed by atoms with E-state index in [2.05, 4.69) is 41.0 Å². The summed E-state index contributed by atoms with van der Waals surface area (Å²) < 4.78 is 11.4. The van der Waals surface area contributed by atoms with Crippen LogP contribution in [0.2, 0.25) is 0 Å². The summed E-state index contributed by atoms with van der Waals surface area (Å²) in [4.78, 5) is 12.6. The number of nitrogens with one attached hydrogen (secondary N) is 1. The number of nitrogen functional groups attached to an aromatic ring is 1. The Morgan fingerprint density at radius 2 is 1.92 bits per heavy atom. The van der Waals surface area contributed by atoms with Crippen LogP contribution in [0.3, 0.4) is 0 Å². The number of nitrogens with two attached hydrogens (primary N) is 1. The van der Waals surface area contributed by atoms with Crippen LogP contribution in [0, 0.1) is 0 Å². The maximum absolute atomic E-state index is 6.13. The van der Waals surface area contributed by atoms with Gasteiger partial charge in [0, 0.05) is 23.9 Å². The predicted octanol–water partition coefficient (Wildman–Crippen LogP) is 3.13. The molecule has 7 heteroatoms. The molecule has 0 saturated heterocycles. The third-order valence-corrected chi connectivity index (χ3v) is 3.77. The van der Waals surface area contributed by atoms with E-state index >= 15 is 0 Å². The summed E-state index contributed by atoms with van der Waals surface area (Å²) in [7, 11) is 1.58. The van der Waals surface area contributed by atoms with E-state index in [1.54, 1.807) is 25.6 Å². The molecule has 2 aromatic heterocycles. The van der Waals surface area contributed by atoms with Crippen LogP contribution in [0.4, 0.5) is 11.8 Å². The van der Waals surface area contributed by atoms with Crippen LogP contribution in [0.5, 0.6) is 17.4 Å². The number of rotatable bonds is 5. The molecule has 1 aliphatic rings. The molecule has 0 atom stereocenters. The highest BCUT2D eigenvalue weighted by Gasteiger charge is 2.25. The Kier molecular flexibility index (Phi) is 4.17. The van der Waals surface area contributed by atoms with Crippen molar-refractivity contribution in [2.24, 2.45) is 0 Å². The van der Waals surface area contributed by atoms with E-state index in [4.69, 9.17) is 15.2 Å². The molecule has 1 fully saturated rings. The fraction of sp³-hybridized carbons (Fsp3) is 0.471. The van der Waals surface area contributed by atoms with Gasteiger partial charge in [0.25, 0.3) is 0 Å². The Morgan fingerprint density at radius 3 is 2.54 bits per heavy atom. The quantitative estimate of drug-likeness (QED) is 0.870. The van der Waals surface area contributed by atoms with Crippen LogP contribution < -0.4 is 20.5 Å². The van der Waals surface area contributed by atoms with Crippen LogP contribution in [0.25, 0.3) is 0 Å². The lowest BCUT2D eigenvalue weighted by Crippen LogP contribution is -2.14. The summed E-state index contributed by atoms with van der Waals surface area (Å²) in [6.45, 7) is 6.31. The van der Waals surface area contributed by atoms with Gasteiger partial charge in [-0.3, -0.25) is 0 Å². The summed E-state index contributed by atoms with van der Waals surface area (Å²) in [6, 6.07) is 2.20. The number of nitrogens with zero attached hydrogens (tertiary/aromatic N) is 3. The Morgan fingerprint density at radius 1 is 1.17 bits per heavy atom. The molecule has 7 nitrogen and oxygen atoms in total. The molecule has 2 aromatic rings. The van der Waals surface area contributed by atoms with Crippen molar-refractivity contribution in [1.82, 2.24) is 15.0 Å². The average molecular weight is 329 g/mol. The van der Waals surface area contributed by atoms with Gasteiger partial charge in [-0.1, -0.05) is 20.8 Å². The highest BCUT2D eigenvalue weighted by Crippen LogP contribution is 2.38. The lowest BCUT2D eigenvalue weighted by molar-refractivity contribution is 0.388. The Balaban J connectivity index is 1.98. The van der Waals surface area contributed by atoms with Crippen molar-refractivity contribution >= 4 is 11.8 Å². The Labute approximate surface area is 141 Å². The first-order valence-electron chi connectivity index (χ1n) is 7.98. The number of methoxy groups -OCH3 is 1. The van der Waals surface area contributed by atoms with Gasteiger partial charge in [0.2, 0.25) is 11.8 Å². The number of pyridine rings is 1. The summed E-state index contributed by atoms with van der Waals surface area (Å²) in [6.07, 6.45) is 5.62. The predicted molar refractivity (Wildman–Crippen MR) is 92.7 cm³/mol. The van der Waals surface area contributed by atoms with Gasteiger partial charge in [-0.25, -0.2) is 9.97 Å². The average Bonchev–Trinajstić information content (AvgIpc) is 3.33. The van der Waals surface area contributed by atoms with E-state index in [1.165, 1.54) is 0 Å². The van der Waals surface area contributed by atoms with E-state index in [0.29, 0.717) is 29.2 Å². The van der Waals surface area contributed by atoms with Crippen LogP contribution in [0.1, 0.15) is 39.2 Å². The van der Waals surface area contributed by atoms with Crippen molar-refractivity contribution in [3.8, 4) is 17.4 Å². The molecule has 3 N–H and O–H groups in total. The highest BCUT2D eigenvalue weighted by atomic mass is 16.5. The van der Waals surface area contributed by atoms with E-state index in [9.17, 15) is 0 Å². The van der Waals surface area contributed by atoms with Gasteiger partial charge in [-0.2, -0.15) is 4.98 Å². The van der Waals surface area contributed by atoms with Crippen molar-refractivity contribution in [3.05, 3.63) is 24.0 Å². The van der Waals surface area contributed by atoms with Crippen LogP contribution in [-0.4, -0.2) is 28.1 Å². The third kappa shape index (κ3) is 3.67. The second-order valence-corrected chi connectivity index (χ2v) is 6.93. The van der Waals surface area contributed by atoms with Gasteiger partial charge >= 0.3 is 0 Å². The van der Waals surface area contributed by atoms with E-state index in [-0.39, 0.29) is 11.4 Å². The lowest BCUT2D eigenvalue weighted by atomic mass is 9.87. The molecule has 24 heavy (non-hydrogen) atoms. The van der Waals surface area contributed by atoms with Crippen LogP contribution >= 0.6 is 0 Å². The van der Waals surface area contributed by atoms with Gasteiger partial charge in [0.1, 0.15) is 5.75 Å². The number of hydrogen-bond donors (Lipinski definition) is 2. The summed E-state index contributed by atoms with van der Waals surface area (Å²) in [5.74, 6) is 2.52. The van der Waals surface area contributed by atoms with Gasteiger partial charge in [-0.15, -0.1) is 0 Å². The van der Waals surface area contributed by atoms with Crippen LogP contribution in [-0.2, 0) is 5.41 Å². The third-order valence-electron chi connectivity index (χ3n) is 3.77. The minimum absolute atomic E-state index is 0.132. The zero-order chi connectivity index (χ0) is 17.3. The molecule has 2 heterocycles. The van der Waals surface area contributed by atoms with Gasteiger partial charge in [-0.05, 0) is 18.3 Å². The second kappa shape index (κ2) is 6.14. The molecule has 0 bridgehead atoms. The Bertz CT molecular complexity index is 738. The molecule has 1 saturated carbocycles. The fourth-order valence-electron chi connectivity index (χ4n) is 2.28. The summed E-state index contributed by atoms with van der Waals surface area (Å²) >= 11 is 0. The minimum atomic E-state index is -0.132. The SMILES string of the molecule is COc1cc(Oc2cnc(N)nc2NC2CC2)c(C(C)(C)C)cn1. The number of aromatic nitrogens is 3. The maximum atomic E-state index is 6.13. The molecule has 0 spiro atoms. The smallest absolute Gasteiger partial charge is 0.222 e. The summed E-state index contributed by atoms with van der Waals surface area (Å²) in [5, 5.41) is 3.33. The standard InChI is InChI=1S/C17H23N5O2/c1-17(2,3)11-8-19-14(23-4)7-12(11)24-13-9-20-16(18)22-15(13)21-10-5-6-10/h7-10H,5-6H2,1-4H3,(H3,18,20,21,22). The number of ether oxygens (including phenoxy) is 2. The molecule has 0 radical (unpaired) electrons. The largest absolute Gasteiger partial charge is 0.481 e. The van der Waals surface area contributed by atoms with Crippen LogP contribution in [0.15, 0.2) is 18.5 Å². The molecule has 0 unspecified atom stereocenters. The zero-order valence-electron chi connectivity index (χ0n) is 14.5. The molecular weight excluding hydrogens is 306 g/mol. The first kappa shape index (κ1) is 16.3. The molecule has 128 valence electrons. The van der Waals surface area contributed by atoms with Crippen molar-refractivity contribution in [3.63, 3.8) is 0 Å². The highest BCUT2D eigenvalue weighted by molar-refractivity contribution is 5.55. The van der Waals surface area contributed by atoms with Crippen molar-refractivity contribution in [2.45, 2.75) is 45.1 Å². The first-order valence-corrected chi connectivity index (χ1v) is 7.98. The van der Waals surface area contributed by atoms with Crippen molar-refractivity contribution < 1.29 is 9.47 Å². The molecule has 3 rings (SSSR count). The zero-order valence-corrected chi connectivity index (χ0v) is 14.5. The lowest BCUT2D eigenvalue weighted by Gasteiger charge is -2.23. The number of anilines is 2. The van der Waals surface area contributed by atoms with Crippen molar-refractivity contribution in [1.29, 1.82) is 0 Å². The maximum Gasteiger partial charge on any atom is 0.222 e. The Hall–Kier alpha value is -2.57.